The van der Waals surface area contributed by atoms with Gasteiger partial charge in [-0.25, -0.2) is 0 Å². The quantitative estimate of drug-likeness (QED) is 0.457. The van der Waals surface area contributed by atoms with Gasteiger partial charge in [0.15, 0.2) is 5.78 Å². The molecule has 2 aromatic carbocycles. The van der Waals surface area contributed by atoms with Crippen molar-refractivity contribution in [2.45, 2.75) is 13.8 Å². The Bertz CT molecular complexity index is 825. The SMILES string of the molecule is COc1ccc(OC)c(C=C(C(=O)c2ccc(N)c(OC)c2)C(C)C)c1. The normalized spacial score (nSPS) is 11.4. The van der Waals surface area contributed by atoms with Crippen molar-refractivity contribution >= 4 is 17.5 Å². The van der Waals surface area contributed by atoms with Gasteiger partial charge in [0.2, 0.25) is 0 Å². The number of allylic oxidation sites excluding steroid dienone is 1. The van der Waals surface area contributed by atoms with E-state index in [0.717, 1.165) is 5.56 Å². The molecule has 2 rings (SSSR count). The highest BCUT2D eigenvalue weighted by Crippen LogP contribution is 2.30. The number of carbonyl (C=O) groups excluding carboxylic acids is 1. The number of carbonyl (C=O) groups is 1. The fourth-order valence-corrected chi connectivity index (χ4v) is 2.63. The van der Waals surface area contributed by atoms with Gasteiger partial charge in [0.05, 0.1) is 27.0 Å². The van der Waals surface area contributed by atoms with Crippen molar-refractivity contribution in [2.24, 2.45) is 5.92 Å². The first-order valence-corrected chi connectivity index (χ1v) is 8.33. The molecule has 5 heteroatoms. The van der Waals surface area contributed by atoms with Crippen LogP contribution in [0.15, 0.2) is 42.0 Å². The average molecular weight is 355 g/mol. The van der Waals surface area contributed by atoms with Crippen LogP contribution in [0.3, 0.4) is 0 Å². The second-order valence-corrected chi connectivity index (χ2v) is 6.15. The molecule has 0 saturated carbocycles. The maximum atomic E-state index is 13.1. The minimum absolute atomic E-state index is 0.0157. The lowest BCUT2D eigenvalue weighted by Gasteiger charge is -2.14. The molecule has 0 atom stereocenters. The van der Waals surface area contributed by atoms with Crippen molar-refractivity contribution in [3.05, 3.63) is 53.1 Å². The van der Waals surface area contributed by atoms with Crippen LogP contribution in [-0.4, -0.2) is 27.1 Å². The summed E-state index contributed by atoms with van der Waals surface area (Å²) < 4.78 is 15.9. The fraction of sp³-hybridized carbons (Fsp3) is 0.286. The summed E-state index contributed by atoms with van der Waals surface area (Å²) in [4.78, 5) is 13.1. The van der Waals surface area contributed by atoms with E-state index in [4.69, 9.17) is 19.9 Å². The molecule has 0 aliphatic carbocycles. The number of Topliss-reactive ketones (excluding diaryl/α,β-unsaturated/α-hetero) is 1. The smallest absolute Gasteiger partial charge is 0.189 e. The minimum Gasteiger partial charge on any atom is -0.497 e. The van der Waals surface area contributed by atoms with Crippen molar-refractivity contribution in [2.75, 3.05) is 27.1 Å². The van der Waals surface area contributed by atoms with Gasteiger partial charge in [0.25, 0.3) is 0 Å². The Morgan fingerprint density at radius 1 is 0.962 bits per heavy atom. The number of hydrogen-bond acceptors (Lipinski definition) is 5. The minimum atomic E-state index is -0.0804. The van der Waals surface area contributed by atoms with Crippen LogP contribution in [0.4, 0.5) is 5.69 Å². The first-order chi connectivity index (χ1) is 12.4. The lowest BCUT2D eigenvalue weighted by Crippen LogP contribution is -2.10. The monoisotopic (exact) mass is 355 g/mol. The molecular weight excluding hydrogens is 330 g/mol. The molecule has 0 unspecified atom stereocenters. The summed E-state index contributed by atoms with van der Waals surface area (Å²) in [7, 11) is 4.73. The highest BCUT2D eigenvalue weighted by atomic mass is 16.5. The van der Waals surface area contributed by atoms with Crippen molar-refractivity contribution in [3.63, 3.8) is 0 Å². The number of rotatable bonds is 7. The highest BCUT2D eigenvalue weighted by Gasteiger charge is 2.18. The first kappa shape index (κ1) is 19.4. The Morgan fingerprint density at radius 2 is 1.65 bits per heavy atom. The maximum absolute atomic E-state index is 13.1. The lowest BCUT2D eigenvalue weighted by atomic mass is 9.92. The van der Waals surface area contributed by atoms with Gasteiger partial charge in [-0.1, -0.05) is 13.8 Å². The van der Waals surface area contributed by atoms with Gasteiger partial charge in [0.1, 0.15) is 17.2 Å². The Hall–Kier alpha value is -2.95. The summed E-state index contributed by atoms with van der Waals surface area (Å²) in [6.45, 7) is 3.95. The Labute approximate surface area is 154 Å². The van der Waals surface area contributed by atoms with Crippen LogP contribution in [0.25, 0.3) is 6.08 Å². The molecule has 0 aromatic heterocycles. The second kappa shape index (κ2) is 8.43. The van der Waals surface area contributed by atoms with Crippen molar-refractivity contribution in [1.29, 1.82) is 0 Å². The van der Waals surface area contributed by atoms with Crippen LogP contribution in [-0.2, 0) is 0 Å². The van der Waals surface area contributed by atoms with Crippen LogP contribution in [0, 0.1) is 5.92 Å². The standard InChI is InChI=1S/C21H25NO4/c1-13(2)17(11-15-10-16(24-3)7-9-19(15)25-4)21(23)14-6-8-18(22)20(12-14)26-5/h6-13H,22H2,1-5H3. The number of nitrogen functional groups attached to an aromatic ring is 1. The summed E-state index contributed by atoms with van der Waals surface area (Å²) in [5, 5.41) is 0. The van der Waals surface area contributed by atoms with Crippen molar-refractivity contribution < 1.29 is 19.0 Å². The van der Waals surface area contributed by atoms with E-state index in [-0.39, 0.29) is 11.7 Å². The van der Waals surface area contributed by atoms with E-state index in [9.17, 15) is 4.79 Å². The predicted molar refractivity (Wildman–Crippen MR) is 104 cm³/mol. The fourth-order valence-electron chi connectivity index (χ4n) is 2.63. The Morgan fingerprint density at radius 3 is 2.23 bits per heavy atom. The summed E-state index contributed by atoms with van der Waals surface area (Å²) in [6.07, 6.45) is 1.84. The molecule has 0 aliphatic rings. The number of anilines is 1. The lowest BCUT2D eigenvalue weighted by molar-refractivity contribution is 0.102. The second-order valence-electron chi connectivity index (χ2n) is 6.15. The predicted octanol–water partition coefficient (Wildman–Crippen LogP) is 4.22. The van der Waals surface area contributed by atoms with Crippen molar-refractivity contribution in [1.82, 2.24) is 0 Å². The Balaban J connectivity index is 2.52. The highest BCUT2D eigenvalue weighted by molar-refractivity contribution is 6.12. The molecule has 0 fully saturated rings. The van der Waals surface area contributed by atoms with E-state index in [2.05, 4.69) is 0 Å². The van der Waals surface area contributed by atoms with Gasteiger partial charge in [-0.2, -0.15) is 0 Å². The molecule has 0 radical (unpaired) electrons. The number of ketones is 1. The van der Waals surface area contributed by atoms with E-state index in [0.29, 0.717) is 34.1 Å². The molecule has 0 bridgehead atoms. The molecule has 138 valence electrons. The third-order valence-electron chi connectivity index (χ3n) is 4.13. The molecule has 0 spiro atoms. The van der Waals surface area contributed by atoms with E-state index in [1.54, 1.807) is 32.4 Å². The molecule has 0 heterocycles. The molecule has 5 nitrogen and oxygen atoms in total. The zero-order valence-electron chi connectivity index (χ0n) is 15.8. The van der Waals surface area contributed by atoms with E-state index < -0.39 is 0 Å². The molecule has 0 amide bonds. The maximum Gasteiger partial charge on any atom is 0.189 e. The van der Waals surface area contributed by atoms with Gasteiger partial charge in [-0.3, -0.25) is 4.79 Å². The van der Waals surface area contributed by atoms with Crippen LogP contribution >= 0.6 is 0 Å². The first-order valence-electron chi connectivity index (χ1n) is 8.33. The van der Waals surface area contributed by atoms with Crippen LogP contribution in [0.1, 0.15) is 29.8 Å². The van der Waals surface area contributed by atoms with Crippen LogP contribution in [0.2, 0.25) is 0 Å². The largest absolute Gasteiger partial charge is 0.497 e. The van der Waals surface area contributed by atoms with Gasteiger partial charge in [0, 0.05) is 16.7 Å². The molecule has 0 saturated heterocycles. The van der Waals surface area contributed by atoms with Gasteiger partial charge in [-0.05, 0) is 48.4 Å². The number of hydrogen-bond donors (Lipinski definition) is 1. The summed E-state index contributed by atoms with van der Waals surface area (Å²) >= 11 is 0. The van der Waals surface area contributed by atoms with E-state index >= 15 is 0 Å². The topological polar surface area (TPSA) is 70.8 Å². The number of benzene rings is 2. The molecule has 0 aliphatic heterocycles. The van der Waals surface area contributed by atoms with Crippen LogP contribution in [0.5, 0.6) is 17.2 Å². The van der Waals surface area contributed by atoms with Crippen LogP contribution < -0.4 is 19.9 Å². The zero-order chi connectivity index (χ0) is 19.3. The van der Waals surface area contributed by atoms with E-state index in [1.807, 2.05) is 38.1 Å². The molecule has 26 heavy (non-hydrogen) atoms. The van der Waals surface area contributed by atoms with E-state index in [1.165, 1.54) is 7.11 Å². The number of ether oxygens (including phenoxy) is 3. The molecule has 2 aromatic rings. The summed E-state index contributed by atoms with van der Waals surface area (Å²) in [5.74, 6) is 1.79. The van der Waals surface area contributed by atoms with Crippen molar-refractivity contribution in [3.8, 4) is 17.2 Å². The molecule has 2 N–H and O–H groups in total. The zero-order valence-corrected chi connectivity index (χ0v) is 15.8. The summed E-state index contributed by atoms with van der Waals surface area (Å²) in [6, 6.07) is 10.5. The van der Waals surface area contributed by atoms with Gasteiger partial charge >= 0.3 is 0 Å². The average Bonchev–Trinajstić information content (AvgIpc) is 2.65. The van der Waals surface area contributed by atoms with Gasteiger partial charge < -0.3 is 19.9 Å². The third kappa shape index (κ3) is 4.17. The number of methoxy groups -OCH3 is 3. The molecular formula is C21H25NO4. The van der Waals surface area contributed by atoms with Gasteiger partial charge in [-0.15, -0.1) is 0 Å². The number of nitrogens with two attached hydrogens (primary N) is 1. The third-order valence-corrected chi connectivity index (χ3v) is 4.13. The summed E-state index contributed by atoms with van der Waals surface area (Å²) in [5.41, 5.74) is 8.31. The Kier molecular flexibility index (Phi) is 6.28.